The fraction of sp³-hybridized carbons (Fsp3) is 0.706. The second-order valence-electron chi connectivity index (χ2n) is 7.10. The lowest BCUT2D eigenvalue weighted by Crippen LogP contribution is -2.50. The first kappa shape index (κ1) is 18.0. The van der Waals surface area contributed by atoms with E-state index in [1.807, 2.05) is 6.07 Å². The van der Waals surface area contributed by atoms with Gasteiger partial charge in [-0.15, -0.1) is 0 Å². The van der Waals surface area contributed by atoms with Gasteiger partial charge in [-0.05, 0) is 18.4 Å². The maximum absolute atomic E-state index is 12.2. The van der Waals surface area contributed by atoms with Gasteiger partial charge in [-0.25, -0.2) is 15.4 Å². The van der Waals surface area contributed by atoms with Gasteiger partial charge in [-0.2, -0.15) is 0 Å². The second kappa shape index (κ2) is 8.55. The lowest BCUT2D eigenvalue weighted by Gasteiger charge is -2.34. The summed E-state index contributed by atoms with van der Waals surface area (Å²) in [5.74, 6) is 1.41. The van der Waals surface area contributed by atoms with E-state index in [1.54, 1.807) is 12.4 Å². The smallest absolute Gasteiger partial charge is 0.238 e. The zero-order valence-electron chi connectivity index (χ0n) is 15.1. The van der Waals surface area contributed by atoms with Gasteiger partial charge in [-0.3, -0.25) is 15.1 Å². The van der Waals surface area contributed by atoms with Crippen molar-refractivity contribution in [1.29, 1.82) is 0 Å². The third kappa shape index (κ3) is 4.87. The van der Waals surface area contributed by atoms with Crippen LogP contribution in [0, 0.1) is 5.92 Å². The molecule has 1 amide bonds. The standard InChI is InChI=1S/C17H29N7O/c1-13(2)14-12-15(22-21-14)16(25)18-6-7-23-8-10-24(11-9-23)17-19-4-3-5-20-17/h3-5,13-15,21-22H,6-12H2,1-2H3,(H,18,25). The van der Waals surface area contributed by atoms with Gasteiger partial charge in [0.15, 0.2) is 0 Å². The molecule has 0 spiro atoms. The van der Waals surface area contributed by atoms with Crippen LogP contribution in [0.5, 0.6) is 0 Å². The van der Waals surface area contributed by atoms with Crippen LogP contribution in [0.1, 0.15) is 20.3 Å². The second-order valence-corrected chi connectivity index (χ2v) is 7.10. The van der Waals surface area contributed by atoms with Crippen molar-refractivity contribution < 1.29 is 4.79 Å². The molecule has 3 rings (SSSR count). The summed E-state index contributed by atoms with van der Waals surface area (Å²) in [7, 11) is 0. The Balaban J connectivity index is 1.33. The average Bonchev–Trinajstić information content (AvgIpc) is 3.14. The number of piperazine rings is 1. The van der Waals surface area contributed by atoms with Crippen LogP contribution in [0.2, 0.25) is 0 Å². The highest BCUT2D eigenvalue weighted by molar-refractivity contribution is 5.82. The molecule has 2 aliphatic heterocycles. The van der Waals surface area contributed by atoms with Crippen LogP contribution in [-0.2, 0) is 4.79 Å². The Bertz CT molecular complexity index is 545. The monoisotopic (exact) mass is 347 g/mol. The predicted molar refractivity (Wildman–Crippen MR) is 97.0 cm³/mol. The first-order valence-electron chi connectivity index (χ1n) is 9.16. The molecule has 1 aromatic heterocycles. The van der Waals surface area contributed by atoms with Gasteiger partial charge >= 0.3 is 0 Å². The highest BCUT2D eigenvalue weighted by Crippen LogP contribution is 2.13. The van der Waals surface area contributed by atoms with Crippen molar-refractivity contribution in [2.24, 2.45) is 5.92 Å². The molecule has 2 atom stereocenters. The van der Waals surface area contributed by atoms with Crippen molar-refractivity contribution in [2.75, 3.05) is 44.2 Å². The van der Waals surface area contributed by atoms with Gasteiger partial charge in [0.1, 0.15) is 6.04 Å². The molecule has 2 fully saturated rings. The zero-order valence-corrected chi connectivity index (χ0v) is 15.1. The molecular formula is C17H29N7O. The van der Waals surface area contributed by atoms with E-state index >= 15 is 0 Å². The van der Waals surface area contributed by atoms with Crippen LogP contribution >= 0.6 is 0 Å². The number of nitrogens with zero attached hydrogens (tertiary/aromatic N) is 4. The van der Waals surface area contributed by atoms with E-state index < -0.39 is 0 Å². The Morgan fingerprint density at radius 3 is 2.60 bits per heavy atom. The summed E-state index contributed by atoms with van der Waals surface area (Å²) in [5, 5.41) is 3.05. The lowest BCUT2D eigenvalue weighted by molar-refractivity contribution is -0.122. The Kier molecular flexibility index (Phi) is 6.17. The Morgan fingerprint density at radius 1 is 1.24 bits per heavy atom. The van der Waals surface area contributed by atoms with E-state index in [1.165, 1.54) is 0 Å². The van der Waals surface area contributed by atoms with E-state index in [4.69, 9.17) is 0 Å². The molecule has 1 aromatic rings. The Morgan fingerprint density at radius 2 is 1.96 bits per heavy atom. The zero-order chi connectivity index (χ0) is 17.6. The van der Waals surface area contributed by atoms with Gasteiger partial charge < -0.3 is 10.2 Å². The van der Waals surface area contributed by atoms with Crippen molar-refractivity contribution in [3.05, 3.63) is 18.5 Å². The minimum atomic E-state index is -0.125. The predicted octanol–water partition coefficient (Wildman–Crippen LogP) is -0.394. The van der Waals surface area contributed by atoms with Gasteiger partial charge in [0.25, 0.3) is 0 Å². The topological polar surface area (TPSA) is 85.4 Å². The molecule has 2 aliphatic rings. The molecule has 0 aliphatic carbocycles. The third-order valence-corrected chi connectivity index (χ3v) is 4.99. The molecular weight excluding hydrogens is 318 g/mol. The molecule has 138 valence electrons. The van der Waals surface area contributed by atoms with Crippen LogP contribution in [0.4, 0.5) is 5.95 Å². The summed E-state index contributed by atoms with van der Waals surface area (Å²) < 4.78 is 0. The van der Waals surface area contributed by atoms with E-state index in [0.29, 0.717) is 18.5 Å². The van der Waals surface area contributed by atoms with E-state index in [-0.39, 0.29) is 11.9 Å². The fourth-order valence-electron chi connectivity index (χ4n) is 3.28. The summed E-state index contributed by atoms with van der Waals surface area (Å²) in [6.07, 6.45) is 4.40. The van der Waals surface area contributed by atoms with Crippen LogP contribution in [0.3, 0.4) is 0 Å². The van der Waals surface area contributed by atoms with Crippen molar-refractivity contribution >= 4 is 11.9 Å². The number of carbonyl (C=O) groups excluding carboxylic acids is 1. The third-order valence-electron chi connectivity index (χ3n) is 4.99. The molecule has 2 saturated heterocycles. The Hall–Kier alpha value is -1.77. The molecule has 3 N–H and O–H groups in total. The van der Waals surface area contributed by atoms with Gasteiger partial charge in [0.2, 0.25) is 11.9 Å². The molecule has 2 unspecified atom stereocenters. The number of aromatic nitrogens is 2. The van der Waals surface area contributed by atoms with Crippen molar-refractivity contribution in [3.63, 3.8) is 0 Å². The normalized spacial score (nSPS) is 24.7. The maximum atomic E-state index is 12.2. The SMILES string of the molecule is CC(C)C1CC(C(=O)NCCN2CCN(c3ncccn3)CC2)NN1. The number of anilines is 1. The van der Waals surface area contributed by atoms with Crippen molar-refractivity contribution in [2.45, 2.75) is 32.4 Å². The number of nitrogens with one attached hydrogen (secondary N) is 3. The summed E-state index contributed by atoms with van der Waals surface area (Å²) in [5.41, 5.74) is 6.31. The van der Waals surface area contributed by atoms with Gasteiger partial charge in [-0.1, -0.05) is 13.8 Å². The maximum Gasteiger partial charge on any atom is 0.238 e. The average molecular weight is 347 g/mol. The van der Waals surface area contributed by atoms with E-state index in [9.17, 15) is 4.79 Å². The molecule has 0 radical (unpaired) electrons. The molecule has 0 bridgehead atoms. The van der Waals surface area contributed by atoms with Crippen LogP contribution in [-0.4, -0.2) is 72.1 Å². The molecule has 8 heteroatoms. The number of hydrogen-bond donors (Lipinski definition) is 3. The van der Waals surface area contributed by atoms with Crippen molar-refractivity contribution in [1.82, 2.24) is 31.0 Å². The highest BCUT2D eigenvalue weighted by atomic mass is 16.2. The summed E-state index contributed by atoms with van der Waals surface area (Å²) in [4.78, 5) is 25.4. The van der Waals surface area contributed by atoms with Crippen molar-refractivity contribution in [3.8, 4) is 0 Å². The van der Waals surface area contributed by atoms with Crippen LogP contribution < -0.4 is 21.1 Å². The largest absolute Gasteiger partial charge is 0.353 e. The number of carbonyl (C=O) groups is 1. The van der Waals surface area contributed by atoms with Crippen LogP contribution in [0.15, 0.2) is 18.5 Å². The molecule has 25 heavy (non-hydrogen) atoms. The summed E-state index contributed by atoms with van der Waals surface area (Å²) >= 11 is 0. The number of hydrogen-bond acceptors (Lipinski definition) is 7. The lowest BCUT2D eigenvalue weighted by atomic mass is 9.99. The minimum absolute atomic E-state index is 0.0898. The quantitative estimate of drug-likeness (QED) is 0.646. The number of hydrazine groups is 1. The van der Waals surface area contributed by atoms with Gasteiger partial charge in [0.05, 0.1) is 0 Å². The minimum Gasteiger partial charge on any atom is -0.353 e. The van der Waals surface area contributed by atoms with E-state index in [0.717, 1.165) is 45.1 Å². The number of rotatable bonds is 6. The van der Waals surface area contributed by atoms with Gasteiger partial charge in [0, 0.05) is 57.7 Å². The summed E-state index contributed by atoms with van der Waals surface area (Å²) in [6, 6.07) is 2.07. The molecule has 3 heterocycles. The number of amides is 1. The Labute approximate surface area is 149 Å². The molecule has 8 nitrogen and oxygen atoms in total. The first-order valence-corrected chi connectivity index (χ1v) is 9.16. The summed E-state index contributed by atoms with van der Waals surface area (Å²) in [6.45, 7) is 9.66. The molecule has 0 aromatic carbocycles. The first-order chi connectivity index (χ1) is 12.1. The fourth-order valence-corrected chi connectivity index (χ4v) is 3.28. The highest BCUT2D eigenvalue weighted by Gasteiger charge is 2.30. The van der Waals surface area contributed by atoms with Crippen LogP contribution in [0.25, 0.3) is 0 Å². The van der Waals surface area contributed by atoms with E-state index in [2.05, 4.69) is 49.8 Å². The molecule has 0 saturated carbocycles.